The van der Waals surface area contributed by atoms with E-state index in [0.717, 1.165) is 25.9 Å². The van der Waals surface area contributed by atoms with Crippen molar-refractivity contribution in [1.29, 1.82) is 0 Å². The standard InChI is InChI=1S/C10H24N2O/c1-5-7-12(8-9-13)10(6-2)11(3)4/h10,13H,5-9H2,1-4H3. The molecule has 1 N–H and O–H groups in total. The molecule has 0 fully saturated rings. The topological polar surface area (TPSA) is 26.7 Å². The molecule has 0 aliphatic carbocycles. The second kappa shape index (κ2) is 7.30. The highest BCUT2D eigenvalue weighted by Crippen LogP contribution is 2.06. The van der Waals surface area contributed by atoms with Gasteiger partial charge in [0, 0.05) is 6.54 Å². The molecule has 3 heteroatoms. The number of hydrogen-bond donors (Lipinski definition) is 1. The molecule has 0 rings (SSSR count). The van der Waals surface area contributed by atoms with Crippen molar-refractivity contribution < 1.29 is 5.11 Å². The van der Waals surface area contributed by atoms with Gasteiger partial charge in [-0.1, -0.05) is 13.8 Å². The van der Waals surface area contributed by atoms with Gasteiger partial charge in [0.25, 0.3) is 0 Å². The van der Waals surface area contributed by atoms with Crippen LogP contribution in [0.3, 0.4) is 0 Å². The van der Waals surface area contributed by atoms with Gasteiger partial charge in [0.15, 0.2) is 0 Å². The zero-order valence-electron chi connectivity index (χ0n) is 9.45. The smallest absolute Gasteiger partial charge is 0.0615 e. The zero-order chi connectivity index (χ0) is 10.3. The normalized spacial score (nSPS) is 14.1. The molecule has 0 saturated heterocycles. The first-order chi connectivity index (χ1) is 6.17. The Morgan fingerprint density at radius 3 is 2.08 bits per heavy atom. The first kappa shape index (κ1) is 12.9. The van der Waals surface area contributed by atoms with Crippen LogP contribution in [0.15, 0.2) is 0 Å². The Bertz CT molecular complexity index is 111. The molecule has 0 aliphatic heterocycles. The van der Waals surface area contributed by atoms with Gasteiger partial charge >= 0.3 is 0 Å². The SMILES string of the molecule is CCCN(CCO)C(CC)N(C)C. The first-order valence-corrected chi connectivity index (χ1v) is 5.18. The Morgan fingerprint density at radius 1 is 1.15 bits per heavy atom. The average molecular weight is 188 g/mol. The van der Waals surface area contributed by atoms with Crippen LogP contribution < -0.4 is 0 Å². The molecule has 1 atom stereocenters. The predicted octanol–water partition coefficient (Wildman–Crippen LogP) is 0.988. The van der Waals surface area contributed by atoms with Gasteiger partial charge in [-0.15, -0.1) is 0 Å². The molecule has 0 aliphatic rings. The van der Waals surface area contributed by atoms with Gasteiger partial charge < -0.3 is 5.11 Å². The van der Waals surface area contributed by atoms with E-state index < -0.39 is 0 Å². The molecule has 0 aromatic rings. The predicted molar refractivity (Wildman–Crippen MR) is 56.7 cm³/mol. The maximum atomic E-state index is 8.93. The maximum Gasteiger partial charge on any atom is 0.0615 e. The fourth-order valence-electron chi connectivity index (χ4n) is 1.78. The molecule has 3 nitrogen and oxygen atoms in total. The van der Waals surface area contributed by atoms with E-state index in [4.69, 9.17) is 5.11 Å². The van der Waals surface area contributed by atoms with Crippen LogP contribution >= 0.6 is 0 Å². The van der Waals surface area contributed by atoms with E-state index in [1.54, 1.807) is 0 Å². The first-order valence-electron chi connectivity index (χ1n) is 5.18. The highest BCUT2D eigenvalue weighted by atomic mass is 16.3. The van der Waals surface area contributed by atoms with Crippen molar-refractivity contribution in [2.24, 2.45) is 0 Å². The maximum absolute atomic E-state index is 8.93. The summed E-state index contributed by atoms with van der Waals surface area (Å²) in [7, 11) is 4.18. The number of rotatable bonds is 7. The summed E-state index contributed by atoms with van der Waals surface area (Å²) >= 11 is 0. The van der Waals surface area contributed by atoms with Crippen molar-refractivity contribution in [1.82, 2.24) is 9.80 Å². The van der Waals surface area contributed by atoms with E-state index >= 15 is 0 Å². The summed E-state index contributed by atoms with van der Waals surface area (Å²) in [4.78, 5) is 4.55. The Balaban J connectivity index is 4.11. The monoisotopic (exact) mass is 188 g/mol. The Labute approximate surface area is 82.3 Å². The molecule has 80 valence electrons. The van der Waals surface area contributed by atoms with E-state index in [1.165, 1.54) is 0 Å². The summed E-state index contributed by atoms with van der Waals surface area (Å²) in [5.41, 5.74) is 0. The van der Waals surface area contributed by atoms with Gasteiger partial charge in [0.05, 0.1) is 12.8 Å². The average Bonchev–Trinajstić information content (AvgIpc) is 2.05. The molecular formula is C10H24N2O. The Hall–Kier alpha value is -0.120. The largest absolute Gasteiger partial charge is 0.395 e. The fourth-order valence-corrected chi connectivity index (χ4v) is 1.78. The minimum Gasteiger partial charge on any atom is -0.395 e. The molecular weight excluding hydrogens is 164 g/mol. The third-order valence-electron chi connectivity index (χ3n) is 2.28. The summed E-state index contributed by atoms with van der Waals surface area (Å²) in [5.74, 6) is 0. The molecule has 0 saturated carbocycles. The molecule has 13 heavy (non-hydrogen) atoms. The second-order valence-electron chi connectivity index (χ2n) is 3.61. The van der Waals surface area contributed by atoms with Crippen LogP contribution in [0.4, 0.5) is 0 Å². The number of aliphatic hydroxyl groups is 1. The third-order valence-corrected chi connectivity index (χ3v) is 2.28. The molecule has 1 unspecified atom stereocenters. The van der Waals surface area contributed by atoms with Gasteiger partial charge in [-0.3, -0.25) is 9.80 Å². The minimum absolute atomic E-state index is 0.254. The van der Waals surface area contributed by atoms with Crippen molar-refractivity contribution in [2.45, 2.75) is 32.9 Å². The summed E-state index contributed by atoms with van der Waals surface area (Å²) < 4.78 is 0. The van der Waals surface area contributed by atoms with Crippen LogP contribution in [0.5, 0.6) is 0 Å². The minimum atomic E-state index is 0.254. The van der Waals surface area contributed by atoms with Gasteiger partial charge in [0.2, 0.25) is 0 Å². The van der Waals surface area contributed by atoms with E-state index in [-0.39, 0.29) is 6.61 Å². The van der Waals surface area contributed by atoms with Gasteiger partial charge in [-0.25, -0.2) is 0 Å². The zero-order valence-corrected chi connectivity index (χ0v) is 9.45. The molecule has 0 aromatic heterocycles. The molecule has 0 bridgehead atoms. The van der Waals surface area contributed by atoms with E-state index in [0.29, 0.717) is 6.17 Å². The lowest BCUT2D eigenvalue weighted by atomic mass is 10.2. The van der Waals surface area contributed by atoms with Gasteiger partial charge in [0.1, 0.15) is 0 Å². The second-order valence-corrected chi connectivity index (χ2v) is 3.61. The van der Waals surface area contributed by atoms with Crippen LogP contribution in [-0.4, -0.2) is 54.9 Å². The third kappa shape index (κ3) is 4.60. The van der Waals surface area contributed by atoms with Crippen molar-refractivity contribution in [3.63, 3.8) is 0 Å². The summed E-state index contributed by atoms with van der Waals surface area (Å²) in [5, 5.41) is 8.93. The summed E-state index contributed by atoms with van der Waals surface area (Å²) in [6, 6.07) is 0. The number of aliphatic hydroxyl groups excluding tert-OH is 1. The van der Waals surface area contributed by atoms with Crippen LogP contribution in [0.25, 0.3) is 0 Å². The lowest BCUT2D eigenvalue weighted by molar-refractivity contribution is 0.0594. The van der Waals surface area contributed by atoms with Crippen LogP contribution in [0.1, 0.15) is 26.7 Å². The van der Waals surface area contributed by atoms with Crippen LogP contribution in [-0.2, 0) is 0 Å². The van der Waals surface area contributed by atoms with Gasteiger partial charge in [-0.05, 0) is 33.5 Å². The Kier molecular flexibility index (Phi) is 7.23. The van der Waals surface area contributed by atoms with Gasteiger partial charge in [-0.2, -0.15) is 0 Å². The van der Waals surface area contributed by atoms with E-state index in [9.17, 15) is 0 Å². The quantitative estimate of drug-likeness (QED) is 0.604. The van der Waals surface area contributed by atoms with Crippen molar-refractivity contribution in [2.75, 3.05) is 33.8 Å². The van der Waals surface area contributed by atoms with Crippen molar-refractivity contribution in [3.8, 4) is 0 Å². The van der Waals surface area contributed by atoms with Crippen LogP contribution in [0.2, 0.25) is 0 Å². The fraction of sp³-hybridized carbons (Fsp3) is 1.00. The lowest BCUT2D eigenvalue weighted by Crippen LogP contribution is -2.46. The molecule has 0 aromatic carbocycles. The summed E-state index contributed by atoms with van der Waals surface area (Å²) in [6.07, 6.45) is 2.71. The Morgan fingerprint density at radius 2 is 1.77 bits per heavy atom. The number of nitrogens with zero attached hydrogens (tertiary/aromatic N) is 2. The highest BCUT2D eigenvalue weighted by molar-refractivity contribution is 4.67. The highest BCUT2D eigenvalue weighted by Gasteiger charge is 2.16. The molecule has 0 heterocycles. The van der Waals surface area contributed by atoms with Crippen LogP contribution in [0, 0.1) is 0 Å². The lowest BCUT2D eigenvalue weighted by Gasteiger charge is -2.34. The molecule has 0 amide bonds. The summed E-state index contributed by atoms with van der Waals surface area (Å²) in [6.45, 7) is 6.46. The molecule has 0 spiro atoms. The van der Waals surface area contributed by atoms with Crippen molar-refractivity contribution in [3.05, 3.63) is 0 Å². The molecule has 0 radical (unpaired) electrons. The van der Waals surface area contributed by atoms with E-state index in [1.807, 2.05) is 0 Å². The van der Waals surface area contributed by atoms with E-state index in [2.05, 4.69) is 37.7 Å². The van der Waals surface area contributed by atoms with Crippen molar-refractivity contribution >= 4 is 0 Å². The number of hydrogen-bond acceptors (Lipinski definition) is 3.